The Hall–Kier alpha value is -0.990. The Bertz CT molecular complexity index is 545. The molecule has 0 radical (unpaired) electrons. The third kappa shape index (κ3) is 6.34. The van der Waals surface area contributed by atoms with E-state index < -0.39 is 22.8 Å². The highest BCUT2D eigenvalue weighted by Gasteiger charge is 2.32. The van der Waals surface area contributed by atoms with Gasteiger partial charge in [-0.25, -0.2) is 4.21 Å². The summed E-state index contributed by atoms with van der Waals surface area (Å²) in [5, 5.41) is 13.9. The molecule has 0 aromatic heterocycles. The molecule has 2 rings (SSSR count). The first-order valence-corrected chi connectivity index (χ1v) is 9.95. The molecule has 1 aromatic rings. The van der Waals surface area contributed by atoms with Gasteiger partial charge in [-0.2, -0.15) is 0 Å². The van der Waals surface area contributed by atoms with Crippen LogP contribution >= 0.6 is 0 Å². The lowest BCUT2D eigenvalue weighted by atomic mass is 10.0. The van der Waals surface area contributed by atoms with Crippen molar-refractivity contribution in [2.75, 3.05) is 39.3 Å². The molecule has 0 spiro atoms. The van der Waals surface area contributed by atoms with E-state index in [-0.39, 0.29) is 0 Å². The predicted octanol–water partition coefficient (Wildman–Crippen LogP) is 1.56. The number of nitrogens with zero attached hydrogens (tertiary/aromatic N) is 1. The molecule has 1 aliphatic heterocycles. The zero-order valence-electron chi connectivity index (χ0n) is 15.4. The molecular formula is C18H30N2O4S. The van der Waals surface area contributed by atoms with Gasteiger partial charge in [0.25, 0.3) is 0 Å². The minimum atomic E-state index is -1.45. The van der Waals surface area contributed by atoms with Crippen LogP contribution in [-0.4, -0.2) is 65.3 Å². The number of aliphatic hydroxyl groups excluding tert-OH is 1. The summed E-state index contributed by atoms with van der Waals surface area (Å²) in [4.78, 5) is 2.85. The summed E-state index contributed by atoms with van der Waals surface area (Å²) in [6, 6.07) is 7.00. The van der Waals surface area contributed by atoms with E-state index in [9.17, 15) is 9.32 Å². The van der Waals surface area contributed by atoms with Gasteiger partial charge in [-0.3, -0.25) is 9.08 Å². The van der Waals surface area contributed by atoms with Crippen molar-refractivity contribution in [1.29, 1.82) is 0 Å². The predicted molar refractivity (Wildman–Crippen MR) is 99.1 cm³/mol. The van der Waals surface area contributed by atoms with E-state index in [0.717, 1.165) is 32.6 Å². The van der Waals surface area contributed by atoms with Gasteiger partial charge in [-0.1, -0.05) is 6.92 Å². The molecule has 1 heterocycles. The van der Waals surface area contributed by atoms with Crippen LogP contribution in [0, 0.1) is 0 Å². The van der Waals surface area contributed by atoms with Crippen molar-refractivity contribution < 1.29 is 18.2 Å². The summed E-state index contributed by atoms with van der Waals surface area (Å²) >= 11 is -1.45. The maximum atomic E-state index is 11.9. The lowest BCUT2D eigenvalue weighted by Crippen LogP contribution is -2.52. The molecule has 2 N–H and O–H groups in total. The average Bonchev–Trinajstić information content (AvgIpc) is 2.61. The Morgan fingerprint density at radius 2 is 1.92 bits per heavy atom. The van der Waals surface area contributed by atoms with Crippen LogP contribution in [-0.2, 0) is 15.3 Å². The third-order valence-corrected chi connectivity index (χ3v) is 5.27. The molecule has 2 unspecified atom stereocenters. The van der Waals surface area contributed by atoms with Gasteiger partial charge in [0, 0.05) is 32.7 Å². The second-order valence-electron chi connectivity index (χ2n) is 6.80. The number of β-amino-alcohol motifs (C(OH)–C–C–N with tert-alkyl or cyclic N) is 1. The number of hydrogen-bond acceptors (Lipinski definition) is 6. The summed E-state index contributed by atoms with van der Waals surface area (Å²) in [6.45, 7) is 10.6. The molecule has 1 aromatic carbocycles. The van der Waals surface area contributed by atoms with E-state index in [1.807, 2.05) is 20.8 Å². The van der Waals surface area contributed by atoms with Gasteiger partial charge < -0.3 is 15.2 Å². The maximum absolute atomic E-state index is 11.9. The SMILES string of the molecule is CCCOS(=O)c1ccc(OC(C)(C)C(O)CN2CCNCC2)cc1. The third-order valence-electron chi connectivity index (χ3n) is 4.23. The van der Waals surface area contributed by atoms with E-state index in [2.05, 4.69) is 10.2 Å². The lowest BCUT2D eigenvalue weighted by Gasteiger charge is -2.36. The van der Waals surface area contributed by atoms with Crippen LogP contribution in [0.1, 0.15) is 27.2 Å². The van der Waals surface area contributed by atoms with E-state index in [0.29, 0.717) is 23.8 Å². The molecule has 6 nitrogen and oxygen atoms in total. The standard InChI is InChI=1S/C18H30N2O4S/c1-4-13-23-25(22)16-7-5-15(6-8-16)24-18(2,3)17(21)14-20-11-9-19-10-12-20/h5-8,17,19,21H,4,9-14H2,1-3H3. The van der Waals surface area contributed by atoms with Gasteiger partial charge in [0.15, 0.2) is 11.1 Å². The lowest BCUT2D eigenvalue weighted by molar-refractivity contribution is -0.0456. The first kappa shape index (κ1) is 20.3. The Morgan fingerprint density at radius 3 is 2.52 bits per heavy atom. The monoisotopic (exact) mass is 370 g/mol. The van der Waals surface area contributed by atoms with Crippen LogP contribution in [0.2, 0.25) is 0 Å². The molecule has 0 aliphatic carbocycles. The summed E-state index contributed by atoms with van der Waals surface area (Å²) in [5.74, 6) is 0.639. The fraction of sp³-hybridized carbons (Fsp3) is 0.667. The number of aliphatic hydroxyl groups is 1. The highest BCUT2D eigenvalue weighted by atomic mass is 32.2. The Balaban J connectivity index is 1.91. The van der Waals surface area contributed by atoms with Gasteiger partial charge in [0.2, 0.25) is 0 Å². The number of ether oxygens (including phenoxy) is 1. The van der Waals surface area contributed by atoms with Crippen LogP contribution in [0.25, 0.3) is 0 Å². The zero-order chi connectivity index (χ0) is 18.3. The number of benzene rings is 1. The van der Waals surface area contributed by atoms with Gasteiger partial charge in [-0.15, -0.1) is 0 Å². The molecule has 7 heteroatoms. The minimum absolute atomic E-state index is 0.468. The number of piperazine rings is 1. The Labute approximate surface area is 153 Å². The highest BCUT2D eigenvalue weighted by molar-refractivity contribution is 7.80. The summed E-state index contributed by atoms with van der Waals surface area (Å²) in [7, 11) is 0. The first-order chi connectivity index (χ1) is 11.9. The second-order valence-corrected chi connectivity index (χ2v) is 7.98. The van der Waals surface area contributed by atoms with E-state index >= 15 is 0 Å². The Kier molecular flexibility index (Phi) is 7.83. The van der Waals surface area contributed by atoms with Crippen LogP contribution in [0.5, 0.6) is 5.75 Å². The fourth-order valence-electron chi connectivity index (χ4n) is 2.58. The summed E-state index contributed by atoms with van der Waals surface area (Å²) < 4.78 is 23.1. The van der Waals surface area contributed by atoms with Crippen molar-refractivity contribution in [2.45, 2.75) is 43.8 Å². The van der Waals surface area contributed by atoms with E-state index in [4.69, 9.17) is 8.92 Å². The van der Waals surface area contributed by atoms with Crippen molar-refractivity contribution in [1.82, 2.24) is 10.2 Å². The van der Waals surface area contributed by atoms with Crippen molar-refractivity contribution in [3.05, 3.63) is 24.3 Å². The minimum Gasteiger partial charge on any atom is -0.485 e. The van der Waals surface area contributed by atoms with Crippen molar-refractivity contribution >= 4 is 11.1 Å². The largest absolute Gasteiger partial charge is 0.485 e. The molecule has 0 saturated carbocycles. The van der Waals surface area contributed by atoms with Crippen molar-refractivity contribution in [3.63, 3.8) is 0 Å². The molecule has 2 atom stereocenters. The first-order valence-electron chi connectivity index (χ1n) is 8.87. The van der Waals surface area contributed by atoms with Gasteiger partial charge >= 0.3 is 0 Å². The molecule has 1 aliphatic rings. The van der Waals surface area contributed by atoms with Gasteiger partial charge in [0.1, 0.15) is 17.5 Å². The normalized spacial score (nSPS) is 18.7. The molecule has 1 saturated heterocycles. The quantitative estimate of drug-likeness (QED) is 0.687. The van der Waals surface area contributed by atoms with Crippen LogP contribution < -0.4 is 10.1 Å². The number of nitrogens with one attached hydrogen (secondary N) is 1. The molecular weight excluding hydrogens is 340 g/mol. The second kappa shape index (κ2) is 9.64. The van der Waals surface area contributed by atoms with Crippen LogP contribution in [0.3, 0.4) is 0 Å². The van der Waals surface area contributed by atoms with Crippen molar-refractivity contribution in [3.8, 4) is 5.75 Å². The van der Waals surface area contributed by atoms with E-state index in [1.54, 1.807) is 24.3 Å². The topological polar surface area (TPSA) is 71.0 Å². The number of rotatable bonds is 9. The fourth-order valence-corrected chi connectivity index (χ4v) is 3.39. The van der Waals surface area contributed by atoms with Gasteiger partial charge in [0.05, 0.1) is 11.5 Å². The van der Waals surface area contributed by atoms with Crippen molar-refractivity contribution in [2.24, 2.45) is 0 Å². The number of hydrogen-bond donors (Lipinski definition) is 2. The average molecular weight is 371 g/mol. The molecule has 1 fully saturated rings. The highest BCUT2D eigenvalue weighted by Crippen LogP contribution is 2.23. The maximum Gasteiger partial charge on any atom is 0.189 e. The summed E-state index contributed by atoms with van der Waals surface area (Å²) in [5.41, 5.74) is -0.718. The van der Waals surface area contributed by atoms with Crippen LogP contribution in [0.15, 0.2) is 29.2 Å². The molecule has 0 bridgehead atoms. The Morgan fingerprint density at radius 1 is 1.28 bits per heavy atom. The van der Waals surface area contributed by atoms with Crippen LogP contribution in [0.4, 0.5) is 0 Å². The molecule has 142 valence electrons. The smallest absolute Gasteiger partial charge is 0.189 e. The van der Waals surface area contributed by atoms with E-state index in [1.165, 1.54) is 0 Å². The molecule has 25 heavy (non-hydrogen) atoms. The molecule has 0 amide bonds. The summed E-state index contributed by atoms with van der Waals surface area (Å²) in [6.07, 6.45) is 0.221. The van der Waals surface area contributed by atoms with Gasteiger partial charge in [-0.05, 0) is 44.5 Å². The zero-order valence-corrected chi connectivity index (χ0v) is 16.2.